The Morgan fingerprint density at radius 3 is 2.52 bits per heavy atom. The first-order valence-electron chi connectivity index (χ1n) is 10.1. The summed E-state index contributed by atoms with van der Waals surface area (Å²) in [5, 5.41) is 10.3. The first-order chi connectivity index (χ1) is 12.3. The summed E-state index contributed by atoms with van der Waals surface area (Å²) in [6.07, 6.45) is 5.29. The van der Waals surface area contributed by atoms with Crippen molar-refractivity contribution < 1.29 is 9.84 Å². The Bertz CT molecular complexity index is 530. The third-order valence-corrected chi connectivity index (χ3v) is 6.49. The molecule has 1 saturated heterocycles. The molecule has 0 radical (unpaired) electrons. The quantitative estimate of drug-likeness (QED) is 0.825. The molecule has 2 bridgehead atoms. The summed E-state index contributed by atoms with van der Waals surface area (Å²) >= 11 is 0. The van der Waals surface area contributed by atoms with Gasteiger partial charge in [0.2, 0.25) is 0 Å². The van der Waals surface area contributed by atoms with Gasteiger partial charge >= 0.3 is 0 Å². The van der Waals surface area contributed by atoms with Crippen LogP contribution >= 0.6 is 0 Å². The summed E-state index contributed by atoms with van der Waals surface area (Å²) in [5.74, 6) is 2.65. The van der Waals surface area contributed by atoms with Gasteiger partial charge in [0.15, 0.2) is 0 Å². The fraction of sp³-hybridized carbons (Fsp3) is 0.714. The molecule has 0 unspecified atom stereocenters. The molecule has 4 atom stereocenters. The van der Waals surface area contributed by atoms with Crippen molar-refractivity contribution in [3.63, 3.8) is 0 Å². The number of ether oxygens (including phenoxy) is 1. The highest BCUT2D eigenvalue weighted by atomic mass is 16.5. The van der Waals surface area contributed by atoms with Crippen molar-refractivity contribution in [1.82, 2.24) is 4.90 Å². The minimum Gasteiger partial charge on any atom is -0.389 e. The largest absolute Gasteiger partial charge is 0.389 e. The van der Waals surface area contributed by atoms with E-state index in [1.54, 1.807) is 0 Å². The average molecular weight is 344 g/mol. The molecule has 4 rings (SSSR count). The SMILES string of the molecule is O[C@H](COC[C@H]1C[C@@H]2CC[C@@H]1C2)CN1CCN(c2ccccc2)CC1. The fourth-order valence-corrected chi connectivity index (χ4v) is 5.11. The maximum Gasteiger partial charge on any atom is 0.0900 e. The molecule has 3 fully saturated rings. The van der Waals surface area contributed by atoms with E-state index in [9.17, 15) is 5.11 Å². The van der Waals surface area contributed by atoms with E-state index < -0.39 is 0 Å². The highest BCUT2D eigenvalue weighted by Crippen LogP contribution is 2.48. The molecule has 0 spiro atoms. The van der Waals surface area contributed by atoms with Crippen molar-refractivity contribution >= 4 is 5.69 Å². The van der Waals surface area contributed by atoms with Crippen LogP contribution in [0.1, 0.15) is 25.7 Å². The summed E-state index contributed by atoms with van der Waals surface area (Å²) in [5.41, 5.74) is 1.30. The van der Waals surface area contributed by atoms with Gasteiger partial charge in [0.05, 0.1) is 12.7 Å². The molecule has 25 heavy (non-hydrogen) atoms. The number of fused-ring (bicyclic) bond motifs is 2. The van der Waals surface area contributed by atoms with Gasteiger partial charge in [0.1, 0.15) is 0 Å². The molecule has 3 aliphatic rings. The van der Waals surface area contributed by atoms with Gasteiger partial charge in [0, 0.05) is 45.0 Å². The maximum atomic E-state index is 10.3. The molecule has 138 valence electrons. The van der Waals surface area contributed by atoms with Crippen molar-refractivity contribution in [3.8, 4) is 0 Å². The Balaban J connectivity index is 1.13. The Morgan fingerprint density at radius 1 is 1.04 bits per heavy atom. The predicted octanol–water partition coefficient (Wildman–Crippen LogP) is 2.62. The van der Waals surface area contributed by atoms with E-state index in [1.165, 1.54) is 31.4 Å². The van der Waals surface area contributed by atoms with Gasteiger partial charge in [0.25, 0.3) is 0 Å². The number of para-hydroxylation sites is 1. The number of benzene rings is 1. The first kappa shape index (κ1) is 17.3. The summed E-state index contributed by atoms with van der Waals surface area (Å²) in [4.78, 5) is 4.79. The zero-order valence-corrected chi connectivity index (χ0v) is 15.2. The topological polar surface area (TPSA) is 35.9 Å². The first-order valence-corrected chi connectivity index (χ1v) is 10.1. The van der Waals surface area contributed by atoms with Gasteiger partial charge in [-0.05, 0) is 49.1 Å². The van der Waals surface area contributed by atoms with Crippen LogP contribution in [0.5, 0.6) is 0 Å². The molecular weight excluding hydrogens is 312 g/mol. The summed E-state index contributed by atoms with van der Waals surface area (Å²) < 4.78 is 5.88. The summed E-state index contributed by atoms with van der Waals surface area (Å²) in [6, 6.07) is 10.6. The number of hydrogen-bond acceptors (Lipinski definition) is 4. The highest BCUT2D eigenvalue weighted by Gasteiger charge is 2.39. The lowest BCUT2D eigenvalue weighted by Crippen LogP contribution is -2.49. The molecule has 1 aliphatic heterocycles. The molecule has 4 nitrogen and oxygen atoms in total. The van der Waals surface area contributed by atoms with Crippen molar-refractivity contribution in [1.29, 1.82) is 0 Å². The average Bonchev–Trinajstić information content (AvgIpc) is 3.26. The molecule has 2 saturated carbocycles. The van der Waals surface area contributed by atoms with E-state index in [2.05, 4.69) is 40.1 Å². The van der Waals surface area contributed by atoms with Crippen LogP contribution in [0.25, 0.3) is 0 Å². The molecule has 1 aromatic rings. The third-order valence-electron chi connectivity index (χ3n) is 6.49. The van der Waals surface area contributed by atoms with Gasteiger partial charge in [-0.2, -0.15) is 0 Å². The van der Waals surface area contributed by atoms with Crippen molar-refractivity contribution in [2.24, 2.45) is 17.8 Å². The van der Waals surface area contributed by atoms with E-state index in [0.717, 1.165) is 57.1 Å². The van der Waals surface area contributed by atoms with Gasteiger partial charge in [-0.1, -0.05) is 24.6 Å². The zero-order valence-electron chi connectivity index (χ0n) is 15.2. The van der Waals surface area contributed by atoms with Gasteiger partial charge in [-0.15, -0.1) is 0 Å². The highest BCUT2D eigenvalue weighted by molar-refractivity contribution is 5.46. The lowest BCUT2D eigenvalue weighted by Gasteiger charge is -2.36. The molecule has 1 heterocycles. The Labute approximate surface area is 151 Å². The third kappa shape index (κ3) is 4.36. The van der Waals surface area contributed by atoms with Gasteiger partial charge in [-0.25, -0.2) is 0 Å². The van der Waals surface area contributed by atoms with E-state index in [4.69, 9.17) is 4.74 Å². The number of piperazine rings is 1. The van der Waals surface area contributed by atoms with Crippen LogP contribution in [-0.4, -0.2) is 62.0 Å². The molecule has 1 aromatic carbocycles. The van der Waals surface area contributed by atoms with E-state index in [-0.39, 0.29) is 6.10 Å². The van der Waals surface area contributed by atoms with Crippen LogP contribution in [0.2, 0.25) is 0 Å². The van der Waals surface area contributed by atoms with Gasteiger partial charge in [-0.3, -0.25) is 4.90 Å². The molecule has 1 N–H and O–H groups in total. The maximum absolute atomic E-state index is 10.3. The number of rotatable bonds is 7. The Hall–Kier alpha value is -1.10. The lowest BCUT2D eigenvalue weighted by atomic mass is 9.90. The summed E-state index contributed by atoms with van der Waals surface area (Å²) in [7, 11) is 0. The molecule has 4 heteroatoms. The number of β-amino-alcohol motifs (C(OH)–C–C–N with tert-alkyl or cyclic N) is 1. The van der Waals surface area contributed by atoms with E-state index >= 15 is 0 Å². The van der Waals surface area contributed by atoms with Crippen LogP contribution in [0.4, 0.5) is 5.69 Å². The van der Waals surface area contributed by atoms with E-state index in [1.807, 2.05) is 0 Å². The number of hydrogen-bond donors (Lipinski definition) is 1. The van der Waals surface area contributed by atoms with Crippen LogP contribution in [0.3, 0.4) is 0 Å². The number of aliphatic hydroxyl groups is 1. The van der Waals surface area contributed by atoms with Crippen LogP contribution in [-0.2, 0) is 4.74 Å². The monoisotopic (exact) mass is 344 g/mol. The molecular formula is C21H32N2O2. The minimum absolute atomic E-state index is 0.359. The normalized spacial score (nSPS) is 30.8. The minimum atomic E-state index is -0.359. The van der Waals surface area contributed by atoms with Crippen LogP contribution in [0.15, 0.2) is 30.3 Å². The number of nitrogens with zero attached hydrogens (tertiary/aromatic N) is 2. The fourth-order valence-electron chi connectivity index (χ4n) is 5.11. The number of anilines is 1. The second-order valence-corrected chi connectivity index (χ2v) is 8.25. The predicted molar refractivity (Wildman–Crippen MR) is 101 cm³/mol. The molecule has 2 aliphatic carbocycles. The summed E-state index contributed by atoms with van der Waals surface area (Å²) in [6.45, 7) is 6.17. The molecule has 0 amide bonds. The van der Waals surface area contributed by atoms with Gasteiger partial charge < -0.3 is 14.7 Å². The van der Waals surface area contributed by atoms with Crippen molar-refractivity contribution in [2.45, 2.75) is 31.8 Å². The smallest absolute Gasteiger partial charge is 0.0900 e. The van der Waals surface area contributed by atoms with Crippen LogP contribution < -0.4 is 4.90 Å². The van der Waals surface area contributed by atoms with Crippen LogP contribution in [0, 0.1) is 17.8 Å². The second kappa shape index (κ2) is 8.07. The zero-order chi connectivity index (χ0) is 17.1. The van der Waals surface area contributed by atoms with Crippen molar-refractivity contribution in [3.05, 3.63) is 30.3 Å². The second-order valence-electron chi connectivity index (χ2n) is 8.25. The number of aliphatic hydroxyl groups excluding tert-OH is 1. The Kier molecular flexibility index (Phi) is 5.59. The standard InChI is InChI=1S/C21H32N2O2/c24-21(16-25-15-19-13-17-6-7-18(19)12-17)14-22-8-10-23(11-9-22)20-4-2-1-3-5-20/h1-5,17-19,21,24H,6-16H2/t17-,18-,19-,21+/m1/s1. The van der Waals surface area contributed by atoms with E-state index in [0.29, 0.717) is 6.61 Å². The molecule has 0 aromatic heterocycles. The lowest BCUT2D eigenvalue weighted by molar-refractivity contribution is -0.00274. The van der Waals surface area contributed by atoms with Crippen molar-refractivity contribution in [2.75, 3.05) is 50.8 Å². The Morgan fingerprint density at radius 2 is 1.84 bits per heavy atom.